The first kappa shape index (κ1) is 15.3. The number of carboxylic acid groups (broad SMARTS) is 1. The molecular formula is C14H15F3N2O2. The number of fused-ring (bicyclic) bond motifs is 1. The first-order valence-electron chi connectivity index (χ1n) is 6.24. The first-order valence-corrected chi connectivity index (χ1v) is 6.24. The molecule has 2 rings (SSSR count). The topological polar surface area (TPSA) is 55.1 Å². The van der Waals surface area contributed by atoms with Gasteiger partial charge in [-0.15, -0.1) is 0 Å². The van der Waals surface area contributed by atoms with E-state index >= 15 is 0 Å². The lowest BCUT2D eigenvalue weighted by Crippen LogP contribution is -2.17. The molecule has 21 heavy (non-hydrogen) atoms. The summed E-state index contributed by atoms with van der Waals surface area (Å²) >= 11 is 0. The second-order valence-electron chi connectivity index (χ2n) is 5.93. The van der Waals surface area contributed by atoms with Crippen LogP contribution in [-0.2, 0) is 18.6 Å². The van der Waals surface area contributed by atoms with Gasteiger partial charge in [0.1, 0.15) is 11.3 Å². The molecular weight excluding hydrogens is 285 g/mol. The fourth-order valence-electron chi connectivity index (χ4n) is 2.11. The highest BCUT2D eigenvalue weighted by molar-refractivity contribution is 5.94. The molecule has 0 atom stereocenters. The lowest BCUT2D eigenvalue weighted by molar-refractivity contribution is -0.136. The Hall–Kier alpha value is -2.05. The molecule has 0 fully saturated rings. The Morgan fingerprint density at radius 3 is 2.24 bits per heavy atom. The van der Waals surface area contributed by atoms with Crippen molar-refractivity contribution in [1.82, 2.24) is 9.55 Å². The van der Waals surface area contributed by atoms with Gasteiger partial charge in [0.05, 0.1) is 5.56 Å². The Morgan fingerprint density at radius 2 is 1.81 bits per heavy atom. The van der Waals surface area contributed by atoms with E-state index in [0.717, 1.165) is 12.1 Å². The molecule has 0 aliphatic carbocycles. The molecule has 0 aromatic carbocycles. The smallest absolute Gasteiger partial charge is 0.417 e. The van der Waals surface area contributed by atoms with Crippen molar-refractivity contribution >= 4 is 17.0 Å². The lowest BCUT2D eigenvalue weighted by atomic mass is 9.90. The SMILES string of the molecule is Cn1c(C(=O)O)cc2c(C(F)(F)F)cc(C(C)(C)C)nc21. The van der Waals surface area contributed by atoms with Crippen molar-refractivity contribution in [1.29, 1.82) is 0 Å². The number of aromatic nitrogens is 2. The third kappa shape index (κ3) is 2.59. The van der Waals surface area contributed by atoms with E-state index in [9.17, 15) is 18.0 Å². The van der Waals surface area contributed by atoms with E-state index in [-0.39, 0.29) is 22.4 Å². The van der Waals surface area contributed by atoms with Gasteiger partial charge >= 0.3 is 12.1 Å². The monoisotopic (exact) mass is 300 g/mol. The van der Waals surface area contributed by atoms with Crippen LogP contribution in [0.3, 0.4) is 0 Å². The molecule has 0 aliphatic heterocycles. The number of carbonyl (C=O) groups is 1. The number of aryl methyl sites for hydroxylation is 1. The predicted octanol–water partition coefficient (Wildman–Crippen LogP) is 3.59. The Balaban J connectivity index is 2.92. The minimum atomic E-state index is -4.57. The van der Waals surface area contributed by atoms with Gasteiger partial charge in [-0.2, -0.15) is 13.2 Å². The van der Waals surface area contributed by atoms with Crippen LogP contribution < -0.4 is 0 Å². The standard InChI is InChI=1S/C14H15F3N2O2/c1-13(2,3)10-6-8(14(15,16)17)7-5-9(12(20)21)19(4)11(7)18-10/h5-6H,1-4H3,(H,20,21). The first-order chi connectivity index (χ1) is 9.43. The van der Waals surface area contributed by atoms with Gasteiger partial charge in [0.25, 0.3) is 0 Å². The van der Waals surface area contributed by atoms with Crippen molar-refractivity contribution in [2.24, 2.45) is 7.05 Å². The number of pyridine rings is 1. The zero-order valence-electron chi connectivity index (χ0n) is 12.0. The van der Waals surface area contributed by atoms with Crippen molar-refractivity contribution in [2.45, 2.75) is 32.4 Å². The van der Waals surface area contributed by atoms with E-state index in [0.29, 0.717) is 0 Å². The van der Waals surface area contributed by atoms with Gasteiger partial charge in [0.15, 0.2) is 0 Å². The van der Waals surface area contributed by atoms with E-state index < -0.39 is 23.1 Å². The molecule has 2 aromatic rings. The van der Waals surface area contributed by atoms with Gasteiger partial charge in [-0.3, -0.25) is 0 Å². The summed E-state index contributed by atoms with van der Waals surface area (Å²) in [6.07, 6.45) is -4.57. The number of rotatable bonds is 1. The quantitative estimate of drug-likeness (QED) is 0.875. The largest absolute Gasteiger partial charge is 0.477 e. The molecule has 7 heteroatoms. The van der Waals surface area contributed by atoms with Crippen LogP contribution in [0, 0.1) is 0 Å². The van der Waals surface area contributed by atoms with E-state index in [1.165, 1.54) is 11.6 Å². The number of carboxylic acids is 1. The Morgan fingerprint density at radius 1 is 1.24 bits per heavy atom. The second kappa shape index (κ2) is 4.47. The van der Waals surface area contributed by atoms with Gasteiger partial charge < -0.3 is 9.67 Å². The average Bonchev–Trinajstić information content (AvgIpc) is 2.63. The van der Waals surface area contributed by atoms with E-state index in [1.54, 1.807) is 20.8 Å². The Bertz CT molecular complexity index is 724. The van der Waals surface area contributed by atoms with E-state index in [2.05, 4.69) is 4.98 Å². The minimum Gasteiger partial charge on any atom is -0.477 e. The van der Waals surface area contributed by atoms with Gasteiger partial charge in [-0.1, -0.05) is 20.8 Å². The lowest BCUT2D eigenvalue weighted by Gasteiger charge is -2.20. The predicted molar refractivity (Wildman–Crippen MR) is 71.4 cm³/mol. The highest BCUT2D eigenvalue weighted by Gasteiger charge is 2.36. The molecule has 0 unspecified atom stereocenters. The Kier molecular flexibility index (Phi) is 3.27. The maximum absolute atomic E-state index is 13.2. The van der Waals surface area contributed by atoms with Crippen LogP contribution in [0.1, 0.15) is 42.5 Å². The van der Waals surface area contributed by atoms with Gasteiger partial charge in [0, 0.05) is 23.5 Å². The number of hydrogen-bond donors (Lipinski definition) is 1. The van der Waals surface area contributed by atoms with Crippen LogP contribution in [0.2, 0.25) is 0 Å². The van der Waals surface area contributed by atoms with Crippen LogP contribution in [0.5, 0.6) is 0 Å². The van der Waals surface area contributed by atoms with Crippen molar-refractivity contribution < 1.29 is 23.1 Å². The summed E-state index contributed by atoms with van der Waals surface area (Å²) in [6.45, 7) is 5.26. The highest BCUT2D eigenvalue weighted by atomic mass is 19.4. The number of aromatic carboxylic acids is 1. The van der Waals surface area contributed by atoms with Gasteiger partial charge in [0.2, 0.25) is 0 Å². The van der Waals surface area contributed by atoms with E-state index in [1.807, 2.05) is 0 Å². The molecule has 0 spiro atoms. The third-order valence-electron chi connectivity index (χ3n) is 3.29. The highest BCUT2D eigenvalue weighted by Crippen LogP contribution is 2.37. The maximum Gasteiger partial charge on any atom is 0.417 e. The van der Waals surface area contributed by atoms with Gasteiger partial charge in [-0.25, -0.2) is 9.78 Å². The molecule has 114 valence electrons. The average molecular weight is 300 g/mol. The molecule has 2 heterocycles. The number of alkyl halides is 3. The molecule has 0 bridgehead atoms. The van der Waals surface area contributed by atoms with Crippen LogP contribution >= 0.6 is 0 Å². The zero-order valence-corrected chi connectivity index (χ0v) is 12.0. The molecule has 2 aromatic heterocycles. The third-order valence-corrected chi connectivity index (χ3v) is 3.29. The summed E-state index contributed by atoms with van der Waals surface area (Å²) in [5.41, 5.74) is -1.39. The molecule has 0 saturated carbocycles. The minimum absolute atomic E-state index is 0.0205. The summed E-state index contributed by atoms with van der Waals surface area (Å²) in [7, 11) is 1.39. The molecule has 4 nitrogen and oxygen atoms in total. The zero-order chi connectivity index (χ0) is 16.2. The molecule has 0 amide bonds. The molecule has 0 saturated heterocycles. The summed E-state index contributed by atoms with van der Waals surface area (Å²) < 4.78 is 40.9. The number of hydrogen-bond acceptors (Lipinski definition) is 2. The molecule has 1 N–H and O–H groups in total. The van der Waals surface area contributed by atoms with Gasteiger partial charge in [-0.05, 0) is 12.1 Å². The fourth-order valence-corrected chi connectivity index (χ4v) is 2.11. The normalized spacial score (nSPS) is 12.9. The summed E-state index contributed by atoms with van der Waals surface area (Å²) in [4.78, 5) is 15.3. The maximum atomic E-state index is 13.2. The van der Waals surface area contributed by atoms with Crippen molar-refractivity contribution in [3.05, 3.63) is 29.1 Å². The Labute approximate surface area is 119 Å². The molecule has 0 aliphatic rings. The number of nitrogens with zero attached hydrogens (tertiary/aromatic N) is 2. The van der Waals surface area contributed by atoms with Crippen LogP contribution in [0.4, 0.5) is 13.2 Å². The van der Waals surface area contributed by atoms with E-state index in [4.69, 9.17) is 5.11 Å². The summed E-state index contributed by atoms with van der Waals surface area (Å²) in [5, 5.41) is 8.86. The summed E-state index contributed by atoms with van der Waals surface area (Å²) in [6, 6.07) is 2.01. The van der Waals surface area contributed by atoms with Crippen molar-refractivity contribution in [3.8, 4) is 0 Å². The molecule has 0 radical (unpaired) electrons. The number of halogens is 3. The van der Waals surface area contributed by atoms with Crippen LogP contribution in [0.15, 0.2) is 12.1 Å². The van der Waals surface area contributed by atoms with Crippen molar-refractivity contribution in [2.75, 3.05) is 0 Å². The fraction of sp³-hybridized carbons (Fsp3) is 0.429. The second-order valence-corrected chi connectivity index (χ2v) is 5.93. The van der Waals surface area contributed by atoms with Crippen LogP contribution in [-0.4, -0.2) is 20.6 Å². The van der Waals surface area contributed by atoms with Crippen molar-refractivity contribution in [3.63, 3.8) is 0 Å². The van der Waals surface area contributed by atoms with Crippen LogP contribution in [0.25, 0.3) is 11.0 Å². The summed E-state index contributed by atoms with van der Waals surface area (Å²) in [5.74, 6) is -1.29.